The number of hydrogen-bond donors (Lipinski definition) is 0. The van der Waals surface area contributed by atoms with E-state index < -0.39 is 0 Å². The zero-order valence-electron chi connectivity index (χ0n) is 14.0. The van der Waals surface area contributed by atoms with E-state index in [-0.39, 0.29) is 0 Å². The fourth-order valence-corrected chi connectivity index (χ4v) is 4.61. The summed E-state index contributed by atoms with van der Waals surface area (Å²) in [4.78, 5) is 13.7. The zero-order valence-corrected chi connectivity index (χ0v) is 15.6. The van der Waals surface area contributed by atoms with Gasteiger partial charge < -0.3 is 0 Å². The Morgan fingerprint density at radius 3 is 2.71 bits per heavy atom. The molecule has 0 aliphatic heterocycles. The molecule has 5 heteroatoms. The van der Waals surface area contributed by atoms with Crippen LogP contribution in [0.3, 0.4) is 0 Å². The van der Waals surface area contributed by atoms with Crippen molar-refractivity contribution in [2.24, 2.45) is 0 Å². The number of hydrogen-bond acceptors (Lipinski definition) is 5. The van der Waals surface area contributed by atoms with E-state index in [1.165, 1.54) is 20.5 Å². The minimum atomic E-state index is 0.418. The van der Waals surface area contributed by atoms with Crippen LogP contribution in [0.5, 0.6) is 0 Å². The van der Waals surface area contributed by atoms with E-state index in [1.807, 2.05) is 11.7 Å². The lowest BCUT2D eigenvalue weighted by molar-refractivity contribution is 0.756. The van der Waals surface area contributed by atoms with E-state index in [2.05, 4.69) is 55.0 Å². The topological polar surface area (TPSA) is 38.7 Å². The Balaban J connectivity index is 1.60. The zero-order chi connectivity index (χ0) is 16.7. The number of nitrogens with zero attached hydrogens (tertiary/aromatic N) is 3. The summed E-state index contributed by atoms with van der Waals surface area (Å²) in [6.07, 6.45) is 2.89. The van der Waals surface area contributed by atoms with E-state index in [9.17, 15) is 0 Å². The highest BCUT2D eigenvalue weighted by molar-refractivity contribution is 7.18. The molecular weight excluding hydrogens is 334 g/mol. The van der Waals surface area contributed by atoms with Crippen LogP contribution in [-0.4, -0.2) is 15.0 Å². The van der Waals surface area contributed by atoms with Gasteiger partial charge in [-0.25, -0.2) is 15.0 Å². The highest BCUT2D eigenvalue weighted by Crippen LogP contribution is 2.30. The summed E-state index contributed by atoms with van der Waals surface area (Å²) in [6, 6.07) is 8.83. The molecule has 1 atom stereocenters. The first kappa shape index (κ1) is 15.7. The lowest BCUT2D eigenvalue weighted by Gasteiger charge is -2.09. The normalized spacial score (nSPS) is 13.2. The molecule has 122 valence electrons. The van der Waals surface area contributed by atoms with Crippen molar-refractivity contribution >= 4 is 43.2 Å². The summed E-state index contributed by atoms with van der Waals surface area (Å²) in [6.45, 7) is 6.65. The first-order chi connectivity index (χ1) is 11.6. The molecule has 0 saturated carbocycles. The third kappa shape index (κ3) is 2.94. The van der Waals surface area contributed by atoms with Crippen LogP contribution >= 0.6 is 22.7 Å². The summed E-state index contributed by atoms with van der Waals surface area (Å²) >= 11 is 3.46. The maximum atomic E-state index is 4.72. The van der Waals surface area contributed by atoms with Crippen molar-refractivity contribution in [3.05, 3.63) is 52.1 Å². The Kier molecular flexibility index (Phi) is 4.06. The van der Waals surface area contributed by atoms with Crippen LogP contribution in [0.4, 0.5) is 0 Å². The van der Waals surface area contributed by atoms with Gasteiger partial charge in [0.2, 0.25) is 0 Å². The first-order valence-electron chi connectivity index (χ1n) is 8.18. The molecular formula is C19H19N3S2. The lowest BCUT2D eigenvalue weighted by atomic mass is 9.98. The second kappa shape index (κ2) is 6.22. The van der Waals surface area contributed by atoms with Crippen molar-refractivity contribution < 1.29 is 0 Å². The van der Waals surface area contributed by atoms with Crippen molar-refractivity contribution in [1.82, 2.24) is 15.0 Å². The Bertz CT molecular complexity index is 1000. The van der Waals surface area contributed by atoms with Crippen molar-refractivity contribution in [3.8, 4) is 0 Å². The maximum Gasteiger partial charge on any atom is 0.170 e. The number of aromatic nitrogens is 3. The molecule has 1 unspecified atom stereocenters. The number of fused-ring (bicyclic) bond motifs is 2. The van der Waals surface area contributed by atoms with E-state index in [0.717, 1.165) is 22.6 Å². The molecule has 3 aromatic heterocycles. The number of pyridine rings is 1. The van der Waals surface area contributed by atoms with Gasteiger partial charge in [0, 0.05) is 12.6 Å². The van der Waals surface area contributed by atoms with Crippen molar-refractivity contribution in [2.45, 2.75) is 39.0 Å². The molecule has 0 spiro atoms. The molecule has 0 aliphatic rings. The van der Waals surface area contributed by atoms with E-state index in [0.29, 0.717) is 11.8 Å². The first-order valence-corrected chi connectivity index (χ1v) is 9.88. The molecule has 0 fully saturated rings. The van der Waals surface area contributed by atoms with Gasteiger partial charge in [0.25, 0.3) is 0 Å². The van der Waals surface area contributed by atoms with E-state index in [1.54, 1.807) is 22.7 Å². The largest absolute Gasteiger partial charge is 0.245 e. The Labute approximate surface area is 149 Å². The van der Waals surface area contributed by atoms with Crippen LogP contribution in [0.15, 0.2) is 36.0 Å². The van der Waals surface area contributed by atoms with E-state index in [4.69, 9.17) is 4.98 Å². The standard InChI is InChI=1S/C19H19N3S2/c1-11(2)14-8-17-19(20-9-14)22-18(24-17)6-12(3)13-4-5-16-15(7-13)21-10-23-16/h4-5,7-12H,6H2,1-3H3. The number of rotatable bonds is 4. The van der Waals surface area contributed by atoms with Crippen molar-refractivity contribution in [3.63, 3.8) is 0 Å². The highest BCUT2D eigenvalue weighted by atomic mass is 32.1. The average Bonchev–Trinajstić information content (AvgIpc) is 3.18. The maximum absolute atomic E-state index is 4.72. The van der Waals surface area contributed by atoms with Gasteiger partial charge in [0.1, 0.15) is 0 Å². The van der Waals surface area contributed by atoms with Gasteiger partial charge in [-0.3, -0.25) is 0 Å². The SMILES string of the molecule is CC(C)c1cnc2nc(CC(C)c3ccc4scnc4c3)sc2c1. The Morgan fingerprint density at radius 2 is 1.88 bits per heavy atom. The molecule has 24 heavy (non-hydrogen) atoms. The molecule has 4 aromatic rings. The highest BCUT2D eigenvalue weighted by Gasteiger charge is 2.13. The van der Waals surface area contributed by atoms with Gasteiger partial charge in [-0.15, -0.1) is 22.7 Å². The fraction of sp³-hybridized carbons (Fsp3) is 0.316. The minimum Gasteiger partial charge on any atom is -0.245 e. The monoisotopic (exact) mass is 353 g/mol. The van der Waals surface area contributed by atoms with Crippen LogP contribution in [-0.2, 0) is 6.42 Å². The molecule has 0 amide bonds. The van der Waals surface area contributed by atoms with Gasteiger partial charge in [-0.05, 0) is 41.2 Å². The van der Waals surface area contributed by atoms with Crippen LogP contribution in [0.25, 0.3) is 20.6 Å². The predicted molar refractivity (Wildman–Crippen MR) is 103 cm³/mol. The third-order valence-electron chi connectivity index (χ3n) is 4.38. The summed E-state index contributed by atoms with van der Waals surface area (Å²) in [5.41, 5.74) is 6.48. The van der Waals surface area contributed by atoms with Gasteiger partial charge in [0.15, 0.2) is 5.65 Å². The number of benzene rings is 1. The predicted octanol–water partition coefficient (Wildman–Crippen LogP) is 5.77. The molecule has 0 bridgehead atoms. The van der Waals surface area contributed by atoms with Crippen LogP contribution < -0.4 is 0 Å². The second-order valence-corrected chi connectivity index (χ2v) is 8.54. The molecule has 1 aromatic carbocycles. The third-order valence-corrected chi connectivity index (χ3v) is 6.21. The smallest absolute Gasteiger partial charge is 0.170 e. The molecule has 0 aliphatic carbocycles. The molecule has 0 N–H and O–H groups in total. The van der Waals surface area contributed by atoms with Gasteiger partial charge in [-0.2, -0.15) is 0 Å². The van der Waals surface area contributed by atoms with Gasteiger partial charge in [0.05, 0.1) is 25.4 Å². The summed E-state index contributed by atoms with van der Waals surface area (Å²) in [5, 5.41) is 1.16. The summed E-state index contributed by atoms with van der Waals surface area (Å²) in [7, 11) is 0. The Morgan fingerprint density at radius 1 is 1.00 bits per heavy atom. The quantitative estimate of drug-likeness (QED) is 0.467. The lowest BCUT2D eigenvalue weighted by Crippen LogP contribution is -1.98. The summed E-state index contributed by atoms with van der Waals surface area (Å²) in [5.74, 6) is 0.914. The van der Waals surface area contributed by atoms with Crippen LogP contribution in [0.2, 0.25) is 0 Å². The molecule has 4 rings (SSSR count). The molecule has 3 nitrogen and oxygen atoms in total. The van der Waals surface area contributed by atoms with Gasteiger partial charge >= 0.3 is 0 Å². The second-order valence-electron chi connectivity index (χ2n) is 6.54. The molecule has 3 heterocycles. The summed E-state index contributed by atoms with van der Waals surface area (Å²) < 4.78 is 2.44. The van der Waals surface area contributed by atoms with Crippen LogP contribution in [0, 0.1) is 0 Å². The van der Waals surface area contributed by atoms with E-state index >= 15 is 0 Å². The number of thiazole rings is 2. The van der Waals surface area contributed by atoms with Gasteiger partial charge in [-0.1, -0.05) is 26.8 Å². The molecule has 0 saturated heterocycles. The van der Waals surface area contributed by atoms with Crippen molar-refractivity contribution in [2.75, 3.05) is 0 Å². The Hall–Kier alpha value is -1.85. The molecule has 0 radical (unpaired) electrons. The van der Waals surface area contributed by atoms with Crippen molar-refractivity contribution in [1.29, 1.82) is 0 Å². The fourth-order valence-electron chi connectivity index (χ4n) is 2.84. The minimum absolute atomic E-state index is 0.418. The average molecular weight is 354 g/mol. The van der Waals surface area contributed by atoms with Crippen LogP contribution in [0.1, 0.15) is 48.7 Å².